The number of imidazole rings is 1. The summed E-state index contributed by atoms with van der Waals surface area (Å²) in [4.78, 5) is 30.5. The standard InChI is InChI=1S/C24H28N4O2/c1-3-12-28(14-4-13-27-15-11-26-17-27)24(30)21-6-5-18(2)22(16-21)19-7-9-20(10-8-19)23(25)29/h5-11,15-17H,3-4,12-14H2,1-2H3,(H2,25,29). The molecule has 0 unspecified atom stereocenters. The Morgan fingerprint density at radius 1 is 1.07 bits per heavy atom. The molecule has 0 spiro atoms. The second kappa shape index (κ2) is 9.87. The molecule has 156 valence electrons. The Kier molecular flexibility index (Phi) is 7.01. The van der Waals surface area contributed by atoms with Crippen LogP contribution in [0.3, 0.4) is 0 Å². The van der Waals surface area contributed by atoms with E-state index in [1.54, 1.807) is 24.7 Å². The fourth-order valence-electron chi connectivity index (χ4n) is 3.51. The van der Waals surface area contributed by atoms with E-state index >= 15 is 0 Å². The first kappa shape index (κ1) is 21.3. The predicted molar refractivity (Wildman–Crippen MR) is 118 cm³/mol. The number of benzene rings is 2. The molecule has 3 rings (SSSR count). The summed E-state index contributed by atoms with van der Waals surface area (Å²) < 4.78 is 2.02. The molecule has 0 bridgehead atoms. The summed E-state index contributed by atoms with van der Waals surface area (Å²) in [6, 6.07) is 13.0. The number of hydrogen-bond acceptors (Lipinski definition) is 3. The Morgan fingerprint density at radius 2 is 1.80 bits per heavy atom. The maximum atomic E-state index is 13.2. The second-order valence-electron chi connectivity index (χ2n) is 7.42. The van der Waals surface area contributed by atoms with Crippen molar-refractivity contribution in [2.24, 2.45) is 5.73 Å². The van der Waals surface area contributed by atoms with Crippen LogP contribution in [-0.4, -0.2) is 39.4 Å². The van der Waals surface area contributed by atoms with Gasteiger partial charge >= 0.3 is 0 Å². The van der Waals surface area contributed by atoms with Crippen LogP contribution in [0.5, 0.6) is 0 Å². The first-order valence-corrected chi connectivity index (χ1v) is 10.3. The largest absolute Gasteiger partial charge is 0.366 e. The van der Waals surface area contributed by atoms with Gasteiger partial charge in [-0.15, -0.1) is 0 Å². The van der Waals surface area contributed by atoms with Gasteiger partial charge in [-0.25, -0.2) is 4.98 Å². The number of amides is 2. The van der Waals surface area contributed by atoms with Crippen LogP contribution >= 0.6 is 0 Å². The second-order valence-corrected chi connectivity index (χ2v) is 7.42. The van der Waals surface area contributed by atoms with Crippen LogP contribution in [0, 0.1) is 6.92 Å². The molecule has 0 saturated carbocycles. The molecule has 0 radical (unpaired) electrons. The normalized spacial score (nSPS) is 10.7. The van der Waals surface area contributed by atoms with E-state index in [1.807, 2.05) is 52.9 Å². The highest BCUT2D eigenvalue weighted by Gasteiger charge is 2.16. The van der Waals surface area contributed by atoms with E-state index in [2.05, 4.69) is 11.9 Å². The van der Waals surface area contributed by atoms with Gasteiger partial charge in [0.05, 0.1) is 6.33 Å². The highest BCUT2D eigenvalue weighted by molar-refractivity contribution is 5.96. The number of aromatic nitrogens is 2. The lowest BCUT2D eigenvalue weighted by Crippen LogP contribution is -2.33. The minimum atomic E-state index is -0.451. The zero-order valence-corrected chi connectivity index (χ0v) is 17.5. The predicted octanol–water partition coefficient (Wildman–Crippen LogP) is 3.90. The molecule has 6 heteroatoms. The van der Waals surface area contributed by atoms with Gasteiger partial charge in [-0.2, -0.15) is 0 Å². The minimum Gasteiger partial charge on any atom is -0.366 e. The van der Waals surface area contributed by atoms with Crippen LogP contribution in [0.1, 0.15) is 46.0 Å². The van der Waals surface area contributed by atoms with Crippen molar-refractivity contribution < 1.29 is 9.59 Å². The van der Waals surface area contributed by atoms with Crippen molar-refractivity contribution in [1.29, 1.82) is 0 Å². The highest BCUT2D eigenvalue weighted by Crippen LogP contribution is 2.26. The molecule has 0 atom stereocenters. The van der Waals surface area contributed by atoms with Gasteiger partial charge < -0.3 is 15.2 Å². The molecular formula is C24H28N4O2. The van der Waals surface area contributed by atoms with Gasteiger partial charge in [0, 0.05) is 43.2 Å². The van der Waals surface area contributed by atoms with Crippen LogP contribution in [0.2, 0.25) is 0 Å². The van der Waals surface area contributed by atoms with Crippen LogP contribution < -0.4 is 5.73 Å². The van der Waals surface area contributed by atoms with Gasteiger partial charge in [0.2, 0.25) is 5.91 Å². The number of hydrogen-bond donors (Lipinski definition) is 1. The molecule has 0 aliphatic carbocycles. The number of nitrogens with two attached hydrogens (primary N) is 1. The van der Waals surface area contributed by atoms with Crippen molar-refractivity contribution >= 4 is 11.8 Å². The molecule has 3 aromatic rings. The summed E-state index contributed by atoms with van der Waals surface area (Å²) in [5, 5.41) is 0. The fourth-order valence-corrected chi connectivity index (χ4v) is 3.51. The maximum absolute atomic E-state index is 13.2. The Morgan fingerprint density at radius 3 is 2.43 bits per heavy atom. The van der Waals surface area contributed by atoms with Crippen molar-refractivity contribution in [1.82, 2.24) is 14.5 Å². The third-order valence-electron chi connectivity index (χ3n) is 5.15. The molecular weight excluding hydrogens is 376 g/mol. The average Bonchev–Trinajstić information content (AvgIpc) is 3.26. The van der Waals surface area contributed by atoms with E-state index in [0.717, 1.165) is 42.6 Å². The topological polar surface area (TPSA) is 81.2 Å². The Hall–Kier alpha value is -3.41. The molecule has 2 N–H and O–H groups in total. The third-order valence-corrected chi connectivity index (χ3v) is 5.15. The van der Waals surface area contributed by atoms with Gasteiger partial charge in [0.25, 0.3) is 5.91 Å². The van der Waals surface area contributed by atoms with Crippen molar-refractivity contribution in [2.45, 2.75) is 33.2 Å². The number of nitrogens with zero attached hydrogens (tertiary/aromatic N) is 3. The Bertz CT molecular complexity index is 995. The van der Waals surface area contributed by atoms with Gasteiger partial charge in [-0.3, -0.25) is 9.59 Å². The lowest BCUT2D eigenvalue weighted by molar-refractivity contribution is 0.0751. The number of aryl methyl sites for hydroxylation is 2. The number of rotatable bonds is 9. The summed E-state index contributed by atoms with van der Waals surface area (Å²) in [6.07, 6.45) is 7.27. The molecule has 2 amide bonds. The van der Waals surface area contributed by atoms with E-state index in [1.165, 1.54) is 0 Å². The lowest BCUT2D eigenvalue weighted by Gasteiger charge is -2.23. The molecule has 0 aliphatic rings. The molecule has 2 aromatic carbocycles. The molecule has 6 nitrogen and oxygen atoms in total. The maximum Gasteiger partial charge on any atom is 0.253 e. The Labute approximate surface area is 177 Å². The third kappa shape index (κ3) is 5.14. The van der Waals surface area contributed by atoms with E-state index in [-0.39, 0.29) is 5.91 Å². The zero-order valence-electron chi connectivity index (χ0n) is 17.5. The molecule has 0 saturated heterocycles. The molecule has 30 heavy (non-hydrogen) atoms. The van der Waals surface area contributed by atoms with Gasteiger partial charge in [0.15, 0.2) is 0 Å². The summed E-state index contributed by atoms with van der Waals surface area (Å²) in [6.45, 7) is 6.34. The SMILES string of the molecule is CCCN(CCCn1ccnc1)C(=O)c1ccc(C)c(-c2ccc(C(N)=O)cc2)c1. The Balaban J connectivity index is 1.77. The van der Waals surface area contributed by atoms with E-state index < -0.39 is 5.91 Å². The number of carbonyl (C=O) groups excluding carboxylic acids is 2. The van der Waals surface area contributed by atoms with Gasteiger partial charge in [-0.1, -0.05) is 25.1 Å². The minimum absolute atomic E-state index is 0.0393. The average molecular weight is 405 g/mol. The van der Waals surface area contributed by atoms with Crippen molar-refractivity contribution in [3.05, 3.63) is 77.9 Å². The molecule has 0 fully saturated rings. The van der Waals surface area contributed by atoms with Crippen LogP contribution in [-0.2, 0) is 6.54 Å². The molecule has 1 heterocycles. The summed E-state index contributed by atoms with van der Waals surface area (Å²) in [5.74, 6) is -0.411. The highest BCUT2D eigenvalue weighted by atomic mass is 16.2. The molecule has 0 aliphatic heterocycles. The first-order chi connectivity index (χ1) is 14.5. The van der Waals surface area contributed by atoms with Crippen LogP contribution in [0.4, 0.5) is 0 Å². The van der Waals surface area contributed by atoms with E-state index in [0.29, 0.717) is 17.7 Å². The monoisotopic (exact) mass is 404 g/mol. The summed E-state index contributed by atoms with van der Waals surface area (Å²) in [7, 11) is 0. The van der Waals surface area contributed by atoms with Crippen LogP contribution in [0.25, 0.3) is 11.1 Å². The number of primary amides is 1. The van der Waals surface area contributed by atoms with Gasteiger partial charge in [0.1, 0.15) is 0 Å². The lowest BCUT2D eigenvalue weighted by atomic mass is 9.96. The van der Waals surface area contributed by atoms with Crippen molar-refractivity contribution in [3.63, 3.8) is 0 Å². The molecule has 1 aromatic heterocycles. The zero-order chi connectivity index (χ0) is 21.5. The van der Waals surface area contributed by atoms with Crippen molar-refractivity contribution in [2.75, 3.05) is 13.1 Å². The fraction of sp³-hybridized carbons (Fsp3) is 0.292. The smallest absolute Gasteiger partial charge is 0.253 e. The van der Waals surface area contributed by atoms with Crippen molar-refractivity contribution in [3.8, 4) is 11.1 Å². The van der Waals surface area contributed by atoms with E-state index in [4.69, 9.17) is 5.73 Å². The summed E-state index contributed by atoms with van der Waals surface area (Å²) in [5.41, 5.74) is 9.48. The van der Waals surface area contributed by atoms with Gasteiger partial charge in [-0.05, 0) is 60.7 Å². The van der Waals surface area contributed by atoms with Crippen LogP contribution in [0.15, 0.2) is 61.2 Å². The quantitative estimate of drug-likeness (QED) is 0.587. The summed E-state index contributed by atoms with van der Waals surface area (Å²) >= 11 is 0. The van der Waals surface area contributed by atoms with E-state index in [9.17, 15) is 9.59 Å². The number of carbonyl (C=O) groups is 2. The first-order valence-electron chi connectivity index (χ1n) is 10.3.